The zero-order valence-corrected chi connectivity index (χ0v) is 22.4. The van der Waals surface area contributed by atoms with Crippen molar-refractivity contribution in [1.29, 1.82) is 0 Å². The van der Waals surface area contributed by atoms with E-state index in [1.54, 1.807) is 32.9 Å². The van der Waals surface area contributed by atoms with Gasteiger partial charge in [0.25, 0.3) is 5.91 Å². The number of benzene rings is 1. The van der Waals surface area contributed by atoms with Crippen molar-refractivity contribution in [3.63, 3.8) is 0 Å². The first-order valence-corrected chi connectivity index (χ1v) is 12.9. The number of fused-ring (bicyclic) bond motifs is 2. The van der Waals surface area contributed by atoms with Gasteiger partial charge in [-0.1, -0.05) is 26.0 Å². The van der Waals surface area contributed by atoms with E-state index < -0.39 is 53.6 Å². The Labute approximate surface area is 222 Å². The summed E-state index contributed by atoms with van der Waals surface area (Å²) in [7, 11) is 0. The summed E-state index contributed by atoms with van der Waals surface area (Å²) in [5, 5.41) is 33.7. The quantitative estimate of drug-likeness (QED) is 0.370. The van der Waals surface area contributed by atoms with Crippen molar-refractivity contribution >= 4 is 17.7 Å². The number of hydrogen-bond donors (Lipinski definition) is 5. The molecule has 0 fully saturated rings. The summed E-state index contributed by atoms with van der Waals surface area (Å²) < 4.78 is 34.3. The Morgan fingerprint density at radius 1 is 1.16 bits per heavy atom. The van der Waals surface area contributed by atoms with Crippen molar-refractivity contribution in [3.8, 4) is 0 Å². The van der Waals surface area contributed by atoms with Gasteiger partial charge in [-0.25, -0.2) is 13.6 Å². The zero-order valence-electron chi connectivity index (χ0n) is 22.4. The van der Waals surface area contributed by atoms with Crippen LogP contribution in [0.4, 0.5) is 19.3 Å². The molecule has 0 spiro atoms. The Hall–Kier alpha value is -2.82. The summed E-state index contributed by atoms with van der Waals surface area (Å²) in [6.07, 6.45) is 1.63. The Morgan fingerprint density at radius 2 is 1.82 bits per heavy atom. The molecule has 2 rings (SSSR count). The van der Waals surface area contributed by atoms with Crippen LogP contribution in [-0.2, 0) is 16.0 Å². The standard InChI is InChI=1S/C28H40F2N2O6/c1-15-8-20-11-22(12-23(29)24(20)30)32-27(36)16(2)6-5-7-19(13-33)26(38-28(31)37)18(4)10-17(3)25(35)21(9-15)14-34/h6,10-12,15,17,19,21,25-26,33-35H,5,7-9,13-14H2,1-4H3,(H2,31,37)(H,32,36)/b16-6+,18-10+/t15-,17+,19-,21-,25-,26+/m1/s1. The lowest BCUT2D eigenvalue weighted by atomic mass is 9.82. The first-order valence-electron chi connectivity index (χ1n) is 12.9. The number of nitrogens with one attached hydrogen (secondary N) is 1. The lowest BCUT2D eigenvalue weighted by Gasteiger charge is -2.30. The Kier molecular flexibility index (Phi) is 11.9. The van der Waals surface area contributed by atoms with Crippen LogP contribution >= 0.6 is 0 Å². The van der Waals surface area contributed by atoms with Gasteiger partial charge in [0.1, 0.15) is 6.10 Å². The fourth-order valence-electron chi connectivity index (χ4n) is 5.06. The third-order valence-electron chi connectivity index (χ3n) is 7.12. The first kappa shape index (κ1) is 31.4. The van der Waals surface area contributed by atoms with E-state index >= 15 is 0 Å². The molecular formula is C28H40F2N2O6. The molecule has 1 aromatic rings. The normalized spacial score (nSPS) is 30.9. The molecular weight excluding hydrogens is 498 g/mol. The maximum Gasteiger partial charge on any atom is 0.405 e. The van der Waals surface area contributed by atoms with Crippen LogP contribution in [0.2, 0.25) is 0 Å². The zero-order chi connectivity index (χ0) is 28.6. The molecule has 0 saturated carbocycles. The predicted molar refractivity (Wildman–Crippen MR) is 140 cm³/mol. The Bertz CT molecular complexity index is 1040. The second-order valence-electron chi connectivity index (χ2n) is 10.4. The third kappa shape index (κ3) is 8.61. The maximum absolute atomic E-state index is 14.6. The number of carbonyl (C=O) groups is 2. The molecule has 0 radical (unpaired) electrons. The molecule has 10 heteroatoms. The van der Waals surface area contributed by atoms with E-state index in [2.05, 4.69) is 5.32 Å². The van der Waals surface area contributed by atoms with E-state index in [1.807, 2.05) is 6.92 Å². The van der Waals surface area contributed by atoms with Gasteiger partial charge in [-0.3, -0.25) is 4.79 Å². The topological polar surface area (TPSA) is 142 Å². The van der Waals surface area contributed by atoms with E-state index in [9.17, 15) is 33.7 Å². The lowest BCUT2D eigenvalue weighted by Crippen LogP contribution is -2.34. The summed E-state index contributed by atoms with van der Waals surface area (Å²) >= 11 is 0. The molecule has 0 unspecified atom stereocenters. The van der Waals surface area contributed by atoms with Gasteiger partial charge in [0.15, 0.2) is 11.6 Å². The van der Waals surface area contributed by atoms with Gasteiger partial charge in [-0.2, -0.15) is 0 Å². The molecule has 0 aromatic heterocycles. The van der Waals surface area contributed by atoms with Gasteiger partial charge in [0.2, 0.25) is 0 Å². The van der Waals surface area contributed by atoms with Crippen molar-refractivity contribution < 1.29 is 38.4 Å². The highest BCUT2D eigenvalue weighted by atomic mass is 19.2. The molecule has 2 bridgehead atoms. The van der Waals surface area contributed by atoms with Crippen molar-refractivity contribution in [2.45, 2.75) is 65.6 Å². The smallest absolute Gasteiger partial charge is 0.405 e. The van der Waals surface area contributed by atoms with Crippen LogP contribution in [0.3, 0.4) is 0 Å². The van der Waals surface area contributed by atoms with Gasteiger partial charge in [0.05, 0.1) is 6.10 Å². The second-order valence-corrected chi connectivity index (χ2v) is 10.4. The van der Waals surface area contributed by atoms with Crippen LogP contribution in [0.1, 0.15) is 52.5 Å². The number of anilines is 1. The first-order chi connectivity index (χ1) is 17.9. The van der Waals surface area contributed by atoms with Crippen LogP contribution in [0, 0.1) is 35.3 Å². The number of hydrogen-bond acceptors (Lipinski definition) is 6. The van der Waals surface area contributed by atoms with Crippen LogP contribution in [-0.4, -0.2) is 52.7 Å². The van der Waals surface area contributed by atoms with Crippen molar-refractivity contribution in [2.24, 2.45) is 29.4 Å². The number of aliphatic hydroxyl groups is 3. The minimum absolute atomic E-state index is 0.0829. The number of amides is 2. The molecule has 6 atom stereocenters. The van der Waals surface area contributed by atoms with Crippen LogP contribution in [0.5, 0.6) is 0 Å². The molecule has 212 valence electrons. The minimum atomic E-state index is -1.09. The highest BCUT2D eigenvalue weighted by Crippen LogP contribution is 2.29. The monoisotopic (exact) mass is 538 g/mol. The van der Waals surface area contributed by atoms with Gasteiger partial charge in [-0.15, -0.1) is 0 Å². The Morgan fingerprint density at radius 3 is 2.42 bits per heavy atom. The molecule has 0 saturated heterocycles. The van der Waals surface area contributed by atoms with Gasteiger partial charge >= 0.3 is 6.09 Å². The van der Waals surface area contributed by atoms with Crippen LogP contribution < -0.4 is 11.1 Å². The fourth-order valence-corrected chi connectivity index (χ4v) is 5.06. The fraction of sp³-hybridized carbons (Fsp3) is 0.571. The van der Waals surface area contributed by atoms with Gasteiger partial charge in [-0.05, 0) is 62.7 Å². The number of carbonyl (C=O) groups excluding carboxylic acids is 2. The molecule has 38 heavy (non-hydrogen) atoms. The number of nitrogens with two attached hydrogens (primary N) is 1. The average molecular weight is 539 g/mol. The molecule has 2 amide bonds. The minimum Gasteiger partial charge on any atom is -0.441 e. The SMILES string of the molecule is C/C1=C\CC[C@H](CO)[C@@H](OC(N)=O)/C(C)=C/[C@H](C)[C@@H](O)[C@@H](CO)C[C@H](C)Cc2cc(cc(F)c2F)NC1=O. The van der Waals surface area contributed by atoms with E-state index in [0.29, 0.717) is 30.4 Å². The van der Waals surface area contributed by atoms with E-state index in [1.165, 1.54) is 6.07 Å². The maximum atomic E-state index is 14.6. The summed E-state index contributed by atoms with van der Waals surface area (Å²) in [4.78, 5) is 24.3. The van der Waals surface area contributed by atoms with Crippen molar-refractivity contribution in [3.05, 3.63) is 52.6 Å². The molecule has 0 aliphatic carbocycles. The number of aliphatic hydroxyl groups excluding tert-OH is 3. The van der Waals surface area contributed by atoms with E-state index in [-0.39, 0.29) is 36.8 Å². The molecule has 1 aromatic carbocycles. The van der Waals surface area contributed by atoms with E-state index in [0.717, 1.165) is 6.07 Å². The van der Waals surface area contributed by atoms with Crippen LogP contribution in [0.15, 0.2) is 35.4 Å². The third-order valence-corrected chi connectivity index (χ3v) is 7.12. The molecule has 1 aliphatic heterocycles. The van der Waals surface area contributed by atoms with Crippen molar-refractivity contribution in [2.75, 3.05) is 18.5 Å². The van der Waals surface area contributed by atoms with Gasteiger partial charge in [0, 0.05) is 48.3 Å². The number of primary amides is 1. The lowest BCUT2D eigenvalue weighted by molar-refractivity contribution is -0.112. The average Bonchev–Trinajstić information content (AvgIpc) is 2.85. The largest absolute Gasteiger partial charge is 0.441 e. The van der Waals surface area contributed by atoms with Crippen molar-refractivity contribution in [1.82, 2.24) is 0 Å². The predicted octanol–water partition coefficient (Wildman–Crippen LogP) is 3.84. The summed E-state index contributed by atoms with van der Waals surface area (Å²) in [5.74, 6) is -4.41. The highest BCUT2D eigenvalue weighted by molar-refractivity contribution is 6.03. The molecule has 8 nitrogen and oxygen atoms in total. The number of halogens is 2. The molecule has 1 heterocycles. The summed E-state index contributed by atoms with van der Waals surface area (Å²) in [6.45, 7) is 6.18. The Balaban J connectivity index is 2.51. The van der Waals surface area contributed by atoms with Crippen LogP contribution in [0.25, 0.3) is 0 Å². The molecule has 6 N–H and O–H groups in total. The number of allylic oxidation sites excluding steroid dienone is 1. The number of rotatable bonds is 3. The van der Waals surface area contributed by atoms with E-state index in [4.69, 9.17) is 10.5 Å². The second kappa shape index (κ2) is 14.4. The number of ether oxygens (including phenoxy) is 1. The summed E-state index contributed by atoms with van der Waals surface area (Å²) in [6, 6.07) is 2.31. The molecule has 1 aliphatic rings. The van der Waals surface area contributed by atoms with Gasteiger partial charge < -0.3 is 31.1 Å². The summed E-state index contributed by atoms with van der Waals surface area (Å²) in [5.41, 5.74) is 6.39. The highest BCUT2D eigenvalue weighted by Gasteiger charge is 2.29.